The largest absolute Gasteiger partial charge is 0.285 e. The topological polar surface area (TPSA) is 110 Å². The molecule has 0 amide bonds. The fourth-order valence-electron chi connectivity index (χ4n) is 2.75. The molecule has 0 radical (unpaired) electrons. The molecular weight excluding hydrogens is 388 g/mol. The van der Waals surface area contributed by atoms with Crippen molar-refractivity contribution >= 4 is 25.5 Å². The summed E-state index contributed by atoms with van der Waals surface area (Å²) in [6.45, 7) is 1.94. The lowest BCUT2D eigenvalue weighted by atomic mass is 10.2. The number of rotatable bonds is 7. The summed E-state index contributed by atoms with van der Waals surface area (Å²) >= 11 is 0. The second-order valence-electron chi connectivity index (χ2n) is 6.20. The first kappa shape index (κ1) is 19.5. The van der Waals surface area contributed by atoms with Crippen LogP contribution in [0.5, 0.6) is 0 Å². The molecular formula is C17H20N4O4S2. The number of sulfonamides is 1. The van der Waals surface area contributed by atoms with Crippen LogP contribution in [0.25, 0.3) is 5.65 Å². The molecule has 1 N–H and O–H groups in total. The molecule has 0 spiro atoms. The van der Waals surface area contributed by atoms with Crippen LogP contribution in [0.4, 0.5) is 0 Å². The van der Waals surface area contributed by atoms with E-state index in [1.54, 1.807) is 16.7 Å². The molecule has 3 rings (SSSR count). The Morgan fingerprint density at radius 1 is 1.04 bits per heavy atom. The van der Waals surface area contributed by atoms with Gasteiger partial charge in [0.2, 0.25) is 10.0 Å². The lowest BCUT2D eigenvalue weighted by molar-refractivity contribution is 0.517. The van der Waals surface area contributed by atoms with Crippen molar-refractivity contribution in [3.8, 4) is 0 Å². The Labute approximate surface area is 158 Å². The summed E-state index contributed by atoms with van der Waals surface area (Å²) in [4.78, 5) is -0.161. The zero-order valence-corrected chi connectivity index (χ0v) is 16.5. The average Bonchev–Trinajstić information content (AvgIpc) is 3.05. The van der Waals surface area contributed by atoms with Crippen LogP contribution in [0, 0.1) is 0 Å². The summed E-state index contributed by atoms with van der Waals surface area (Å²) in [5.74, 6) is 0.482. The first-order chi connectivity index (χ1) is 12.7. The van der Waals surface area contributed by atoms with Gasteiger partial charge in [-0.05, 0) is 36.8 Å². The summed E-state index contributed by atoms with van der Waals surface area (Å²) in [6, 6.07) is 10.1. The Bertz CT molecular complexity index is 1170. The van der Waals surface area contributed by atoms with Crippen molar-refractivity contribution in [1.82, 2.24) is 19.3 Å². The Morgan fingerprint density at radius 3 is 2.48 bits per heavy atom. The minimum Gasteiger partial charge on any atom is -0.285 e. The van der Waals surface area contributed by atoms with E-state index in [2.05, 4.69) is 14.9 Å². The average molecular weight is 409 g/mol. The molecule has 2 heterocycles. The van der Waals surface area contributed by atoms with E-state index in [1.807, 2.05) is 19.1 Å². The maximum atomic E-state index is 12.9. The van der Waals surface area contributed by atoms with Crippen LogP contribution < -0.4 is 4.72 Å². The van der Waals surface area contributed by atoms with Crippen LogP contribution in [0.3, 0.4) is 0 Å². The van der Waals surface area contributed by atoms with Gasteiger partial charge < -0.3 is 0 Å². The summed E-state index contributed by atoms with van der Waals surface area (Å²) in [7, 11) is -7.47. The van der Waals surface area contributed by atoms with Gasteiger partial charge in [0.25, 0.3) is 0 Å². The number of nitrogens with one attached hydrogen (secondary N) is 1. The third-order valence-corrected chi connectivity index (χ3v) is 6.65. The predicted molar refractivity (Wildman–Crippen MR) is 101 cm³/mol. The van der Waals surface area contributed by atoms with Gasteiger partial charge in [0.1, 0.15) is 0 Å². The number of nitrogens with zero attached hydrogens (tertiary/aromatic N) is 3. The number of hydrogen-bond acceptors (Lipinski definition) is 6. The van der Waals surface area contributed by atoms with Crippen LogP contribution in [0.2, 0.25) is 0 Å². The van der Waals surface area contributed by atoms with E-state index in [4.69, 9.17) is 0 Å². The van der Waals surface area contributed by atoms with Crippen LogP contribution >= 0.6 is 0 Å². The number of hydrogen-bond donors (Lipinski definition) is 1. The summed E-state index contributed by atoms with van der Waals surface area (Å²) in [6.07, 6.45) is 4.04. The van der Waals surface area contributed by atoms with Crippen molar-refractivity contribution < 1.29 is 16.8 Å². The van der Waals surface area contributed by atoms with E-state index < -0.39 is 25.9 Å². The lowest BCUT2D eigenvalue weighted by Gasteiger charge is -2.17. The maximum Gasteiger partial charge on any atom is 0.241 e. The van der Waals surface area contributed by atoms with Crippen LogP contribution in [0.15, 0.2) is 58.5 Å². The van der Waals surface area contributed by atoms with Gasteiger partial charge >= 0.3 is 0 Å². The molecule has 8 nitrogen and oxygen atoms in total. The minimum atomic E-state index is -3.95. The van der Waals surface area contributed by atoms with Crippen molar-refractivity contribution in [2.75, 3.05) is 6.26 Å². The van der Waals surface area contributed by atoms with E-state index in [0.717, 1.165) is 18.7 Å². The highest BCUT2D eigenvalue weighted by atomic mass is 32.2. The fraction of sp³-hybridized carbons (Fsp3) is 0.294. The lowest BCUT2D eigenvalue weighted by Crippen LogP contribution is -2.30. The van der Waals surface area contributed by atoms with Crippen molar-refractivity contribution in [2.45, 2.75) is 35.6 Å². The molecule has 0 aliphatic heterocycles. The zero-order valence-electron chi connectivity index (χ0n) is 14.9. The van der Waals surface area contributed by atoms with Gasteiger partial charge in [-0.2, -0.15) is 0 Å². The normalized spacial score (nSPS) is 13.7. The summed E-state index contributed by atoms with van der Waals surface area (Å²) < 4.78 is 53.6. The zero-order chi connectivity index (χ0) is 19.7. The van der Waals surface area contributed by atoms with Gasteiger partial charge in [-0.25, -0.2) is 21.6 Å². The Morgan fingerprint density at radius 2 is 1.78 bits per heavy atom. The molecule has 2 aromatic heterocycles. The van der Waals surface area contributed by atoms with Gasteiger partial charge in [0, 0.05) is 12.5 Å². The number of benzene rings is 1. The Kier molecular flexibility index (Phi) is 5.31. The van der Waals surface area contributed by atoms with Crippen molar-refractivity contribution in [3.63, 3.8) is 0 Å². The Balaban J connectivity index is 1.99. The van der Waals surface area contributed by atoms with Gasteiger partial charge in [-0.1, -0.05) is 25.5 Å². The van der Waals surface area contributed by atoms with E-state index in [9.17, 15) is 16.8 Å². The highest BCUT2D eigenvalue weighted by molar-refractivity contribution is 7.91. The van der Waals surface area contributed by atoms with Crippen LogP contribution in [-0.4, -0.2) is 37.7 Å². The van der Waals surface area contributed by atoms with Crippen molar-refractivity contribution in [3.05, 3.63) is 54.5 Å². The number of aromatic nitrogens is 3. The van der Waals surface area contributed by atoms with Crippen molar-refractivity contribution in [2.24, 2.45) is 0 Å². The van der Waals surface area contributed by atoms with E-state index in [0.29, 0.717) is 17.9 Å². The SMILES string of the molecule is CCC[C@@H](NS(=O)(=O)c1cccc(S(C)(=O)=O)c1)c1nnc2ccccn12. The third-order valence-electron chi connectivity index (χ3n) is 4.07. The molecule has 3 aromatic rings. The van der Waals surface area contributed by atoms with Crippen LogP contribution in [-0.2, 0) is 19.9 Å². The monoisotopic (exact) mass is 408 g/mol. The van der Waals surface area contributed by atoms with E-state index in [-0.39, 0.29) is 9.79 Å². The van der Waals surface area contributed by atoms with Gasteiger partial charge in [-0.3, -0.25) is 4.40 Å². The van der Waals surface area contributed by atoms with Gasteiger partial charge in [-0.15, -0.1) is 10.2 Å². The first-order valence-corrected chi connectivity index (χ1v) is 11.7. The molecule has 0 saturated heterocycles. The summed E-state index contributed by atoms with van der Waals surface area (Å²) in [5.41, 5.74) is 0.617. The van der Waals surface area contributed by atoms with E-state index in [1.165, 1.54) is 18.2 Å². The molecule has 0 fully saturated rings. The third kappa shape index (κ3) is 4.18. The number of pyridine rings is 1. The highest BCUT2D eigenvalue weighted by Gasteiger charge is 2.25. The molecule has 27 heavy (non-hydrogen) atoms. The molecule has 10 heteroatoms. The number of fused-ring (bicyclic) bond motifs is 1. The molecule has 1 atom stereocenters. The number of sulfone groups is 1. The minimum absolute atomic E-state index is 0.0506. The van der Waals surface area contributed by atoms with Crippen LogP contribution in [0.1, 0.15) is 31.6 Å². The maximum absolute atomic E-state index is 12.9. The smallest absolute Gasteiger partial charge is 0.241 e. The first-order valence-electron chi connectivity index (χ1n) is 8.34. The molecule has 144 valence electrons. The highest BCUT2D eigenvalue weighted by Crippen LogP contribution is 2.22. The fourth-order valence-corrected chi connectivity index (χ4v) is 4.77. The molecule has 0 saturated carbocycles. The molecule has 0 bridgehead atoms. The predicted octanol–water partition coefficient (Wildman–Crippen LogP) is 1.95. The summed E-state index contributed by atoms with van der Waals surface area (Å²) in [5, 5.41) is 8.21. The second kappa shape index (κ2) is 7.37. The molecule has 0 unspecified atom stereocenters. The molecule has 1 aromatic carbocycles. The second-order valence-corrected chi connectivity index (χ2v) is 9.93. The van der Waals surface area contributed by atoms with Gasteiger partial charge in [0.05, 0.1) is 15.8 Å². The quantitative estimate of drug-likeness (QED) is 0.640. The standard InChI is InChI=1S/C17H20N4O4S2/c1-3-7-15(17-19-18-16-10-4-5-11-21(16)17)20-27(24,25)14-9-6-8-13(12-14)26(2,22)23/h4-6,8-12,15,20H,3,7H2,1-2H3/t15-/m1/s1. The van der Waals surface area contributed by atoms with Crippen molar-refractivity contribution in [1.29, 1.82) is 0 Å². The Hall–Kier alpha value is -2.30. The molecule has 0 aliphatic carbocycles. The van der Waals surface area contributed by atoms with E-state index >= 15 is 0 Å². The van der Waals surface area contributed by atoms with Gasteiger partial charge in [0.15, 0.2) is 21.3 Å². The molecule has 0 aliphatic rings.